The van der Waals surface area contributed by atoms with Gasteiger partial charge in [-0.2, -0.15) is 0 Å². The highest BCUT2D eigenvalue weighted by molar-refractivity contribution is 5.94. The summed E-state index contributed by atoms with van der Waals surface area (Å²) in [6.07, 6.45) is 0. The summed E-state index contributed by atoms with van der Waals surface area (Å²) in [5.41, 5.74) is 0.892. The van der Waals surface area contributed by atoms with Crippen molar-refractivity contribution in [3.8, 4) is 11.5 Å². The number of ether oxygens (including phenoxy) is 3. The van der Waals surface area contributed by atoms with E-state index in [1.165, 1.54) is 20.3 Å². The lowest BCUT2D eigenvalue weighted by Crippen LogP contribution is -2.52. The van der Waals surface area contributed by atoms with Gasteiger partial charge in [0.2, 0.25) is 0 Å². The lowest BCUT2D eigenvalue weighted by atomic mass is 10.2. The van der Waals surface area contributed by atoms with Crippen LogP contribution in [-0.2, 0) is 9.53 Å². The summed E-state index contributed by atoms with van der Waals surface area (Å²) in [5, 5.41) is 2.83. The molecular weight excluding hydrogens is 402 g/mol. The van der Waals surface area contributed by atoms with Crippen molar-refractivity contribution < 1.29 is 28.6 Å². The minimum Gasteiger partial charge on any atom is -0.497 e. The van der Waals surface area contributed by atoms with Gasteiger partial charge in [0.1, 0.15) is 17.1 Å². The first kappa shape index (κ1) is 21.9. The fraction of sp³-hybridized carbons (Fsp3) is 0.318. The molecule has 2 aromatic carbocycles. The molecule has 0 bridgehead atoms. The van der Waals surface area contributed by atoms with Crippen LogP contribution in [0.15, 0.2) is 48.5 Å². The predicted molar refractivity (Wildman–Crippen MR) is 113 cm³/mol. The van der Waals surface area contributed by atoms with Gasteiger partial charge in [0.05, 0.1) is 14.2 Å². The molecule has 1 saturated heterocycles. The number of hydrogen-bond acceptors (Lipinski definition) is 6. The van der Waals surface area contributed by atoms with Crippen LogP contribution < -0.4 is 14.8 Å². The van der Waals surface area contributed by atoms with Gasteiger partial charge in [-0.15, -0.1) is 0 Å². The van der Waals surface area contributed by atoms with Gasteiger partial charge in [0, 0.05) is 31.9 Å². The topological polar surface area (TPSA) is 97.4 Å². The number of carbonyl (C=O) groups excluding carboxylic acids is 3. The number of rotatable bonds is 6. The van der Waals surface area contributed by atoms with Crippen molar-refractivity contribution >= 4 is 23.6 Å². The van der Waals surface area contributed by atoms with Crippen LogP contribution >= 0.6 is 0 Å². The van der Waals surface area contributed by atoms with E-state index < -0.39 is 12.6 Å². The van der Waals surface area contributed by atoms with Crippen molar-refractivity contribution in [2.75, 3.05) is 52.3 Å². The first-order chi connectivity index (χ1) is 15.0. The summed E-state index contributed by atoms with van der Waals surface area (Å²) in [6.45, 7) is 1.11. The molecule has 0 aromatic heterocycles. The van der Waals surface area contributed by atoms with Gasteiger partial charge in [-0.25, -0.2) is 9.59 Å². The Morgan fingerprint density at radius 3 is 2.23 bits per heavy atom. The Kier molecular flexibility index (Phi) is 7.31. The monoisotopic (exact) mass is 427 g/mol. The fourth-order valence-electron chi connectivity index (χ4n) is 3.15. The Hall–Kier alpha value is -3.75. The molecule has 0 unspecified atom stereocenters. The van der Waals surface area contributed by atoms with E-state index >= 15 is 0 Å². The number of anilines is 1. The normalized spacial score (nSPS) is 13.4. The van der Waals surface area contributed by atoms with Crippen LogP contribution in [0.5, 0.6) is 11.5 Å². The van der Waals surface area contributed by atoms with Gasteiger partial charge in [0.25, 0.3) is 5.91 Å². The van der Waals surface area contributed by atoms with E-state index in [0.717, 1.165) is 0 Å². The third-order valence-corrected chi connectivity index (χ3v) is 4.90. The zero-order valence-corrected chi connectivity index (χ0v) is 17.5. The molecule has 31 heavy (non-hydrogen) atoms. The number of benzene rings is 2. The van der Waals surface area contributed by atoms with E-state index in [1.807, 2.05) is 30.3 Å². The van der Waals surface area contributed by atoms with Crippen LogP contribution in [0, 0.1) is 0 Å². The maximum Gasteiger partial charge on any atom is 0.342 e. The summed E-state index contributed by atoms with van der Waals surface area (Å²) in [6, 6.07) is 13.7. The van der Waals surface area contributed by atoms with E-state index in [1.54, 1.807) is 21.9 Å². The lowest BCUT2D eigenvalue weighted by Gasteiger charge is -2.34. The molecule has 3 rings (SSSR count). The molecule has 2 aromatic rings. The average Bonchev–Trinajstić information content (AvgIpc) is 2.82. The van der Waals surface area contributed by atoms with E-state index in [-0.39, 0.29) is 17.5 Å². The molecule has 1 N–H and O–H groups in total. The third-order valence-electron chi connectivity index (χ3n) is 4.90. The zero-order valence-electron chi connectivity index (χ0n) is 17.5. The van der Waals surface area contributed by atoms with Crippen LogP contribution in [-0.4, -0.2) is 74.7 Å². The summed E-state index contributed by atoms with van der Waals surface area (Å²) in [5.74, 6) is -0.191. The molecule has 1 aliphatic heterocycles. The molecule has 0 spiro atoms. The molecule has 1 heterocycles. The second kappa shape index (κ2) is 10.3. The number of hydrogen-bond donors (Lipinski definition) is 1. The summed E-state index contributed by atoms with van der Waals surface area (Å²) < 4.78 is 15.5. The highest BCUT2D eigenvalue weighted by atomic mass is 16.5. The highest BCUT2D eigenvalue weighted by Gasteiger charge is 2.25. The molecule has 1 fully saturated rings. The quantitative estimate of drug-likeness (QED) is 0.710. The van der Waals surface area contributed by atoms with Crippen molar-refractivity contribution in [2.24, 2.45) is 0 Å². The Morgan fingerprint density at radius 1 is 0.903 bits per heavy atom. The maximum absolute atomic E-state index is 12.5. The van der Waals surface area contributed by atoms with Crippen LogP contribution in [0.25, 0.3) is 0 Å². The number of carbonyl (C=O) groups is 3. The number of amides is 3. The molecule has 0 atom stereocenters. The Bertz CT molecular complexity index is 926. The number of esters is 1. The molecule has 0 radical (unpaired) electrons. The van der Waals surface area contributed by atoms with Gasteiger partial charge in [-0.05, 0) is 30.3 Å². The van der Waals surface area contributed by atoms with Crippen LogP contribution in [0.2, 0.25) is 0 Å². The first-order valence-electron chi connectivity index (χ1n) is 9.79. The van der Waals surface area contributed by atoms with E-state index in [4.69, 9.17) is 14.2 Å². The minimum atomic E-state index is -0.676. The van der Waals surface area contributed by atoms with Gasteiger partial charge < -0.3 is 29.3 Å². The molecule has 0 aliphatic carbocycles. The van der Waals surface area contributed by atoms with Crippen molar-refractivity contribution in [3.05, 3.63) is 54.1 Å². The van der Waals surface area contributed by atoms with Crippen LogP contribution in [0.4, 0.5) is 10.5 Å². The number of piperazine rings is 1. The highest BCUT2D eigenvalue weighted by Crippen LogP contribution is 2.24. The van der Waals surface area contributed by atoms with E-state index in [9.17, 15) is 14.4 Å². The number of nitrogens with zero attached hydrogens (tertiary/aromatic N) is 2. The van der Waals surface area contributed by atoms with Gasteiger partial charge >= 0.3 is 12.0 Å². The SMILES string of the molecule is COc1ccc(OC)c(C(=O)OCC(=O)N2CCN(C(=O)Nc3ccccc3)CC2)c1. The minimum absolute atomic E-state index is 0.178. The standard InChI is InChI=1S/C22H25N3O6/c1-29-17-8-9-19(30-2)18(14-17)21(27)31-15-20(26)24-10-12-25(13-11-24)22(28)23-16-6-4-3-5-7-16/h3-9,14H,10-13,15H2,1-2H3,(H,23,28). The van der Waals surface area contributed by atoms with Crippen molar-refractivity contribution in [1.82, 2.24) is 9.80 Å². The Labute approximate surface area is 180 Å². The maximum atomic E-state index is 12.5. The van der Waals surface area contributed by atoms with Gasteiger partial charge in [0.15, 0.2) is 6.61 Å². The van der Waals surface area contributed by atoms with Crippen molar-refractivity contribution in [2.45, 2.75) is 0 Å². The molecule has 1 aliphatic rings. The van der Waals surface area contributed by atoms with E-state index in [0.29, 0.717) is 43.4 Å². The second-order valence-electron chi connectivity index (χ2n) is 6.81. The van der Waals surface area contributed by atoms with Crippen LogP contribution in [0.1, 0.15) is 10.4 Å². The van der Waals surface area contributed by atoms with Gasteiger partial charge in [-0.1, -0.05) is 18.2 Å². The van der Waals surface area contributed by atoms with E-state index in [2.05, 4.69) is 5.32 Å². The Balaban J connectivity index is 1.48. The lowest BCUT2D eigenvalue weighted by molar-refractivity contribution is -0.135. The summed E-state index contributed by atoms with van der Waals surface area (Å²) in [4.78, 5) is 40.4. The van der Waals surface area contributed by atoms with Crippen molar-refractivity contribution in [3.63, 3.8) is 0 Å². The summed E-state index contributed by atoms with van der Waals surface area (Å²) >= 11 is 0. The molecule has 9 heteroatoms. The second-order valence-corrected chi connectivity index (χ2v) is 6.81. The molecular formula is C22H25N3O6. The molecule has 164 valence electrons. The number of nitrogens with one attached hydrogen (secondary N) is 1. The molecule has 3 amide bonds. The number of urea groups is 1. The third kappa shape index (κ3) is 5.65. The first-order valence-corrected chi connectivity index (χ1v) is 9.79. The molecule has 0 saturated carbocycles. The average molecular weight is 427 g/mol. The molecule has 9 nitrogen and oxygen atoms in total. The number of para-hydroxylation sites is 1. The smallest absolute Gasteiger partial charge is 0.342 e. The number of methoxy groups -OCH3 is 2. The predicted octanol–water partition coefficient (Wildman–Crippen LogP) is 2.24. The van der Waals surface area contributed by atoms with Crippen molar-refractivity contribution in [1.29, 1.82) is 0 Å². The zero-order chi connectivity index (χ0) is 22.2. The van der Waals surface area contributed by atoms with Crippen LogP contribution in [0.3, 0.4) is 0 Å². The largest absolute Gasteiger partial charge is 0.497 e. The van der Waals surface area contributed by atoms with Gasteiger partial charge in [-0.3, -0.25) is 4.79 Å². The summed E-state index contributed by atoms with van der Waals surface area (Å²) in [7, 11) is 2.93. The fourth-order valence-corrected chi connectivity index (χ4v) is 3.15. The Morgan fingerprint density at radius 2 is 1.58 bits per heavy atom.